The first kappa shape index (κ1) is 12.4. The molecular weight excluding hydrogens is 194 g/mol. The molecule has 15 heavy (non-hydrogen) atoms. The highest BCUT2D eigenvalue weighted by molar-refractivity contribution is 5.77. The smallest absolute Gasteiger partial charge is 0.248 e. The zero-order chi connectivity index (χ0) is 11.3. The van der Waals surface area contributed by atoms with Crippen molar-refractivity contribution >= 4 is 5.91 Å². The highest BCUT2D eigenvalue weighted by Crippen LogP contribution is 2.05. The summed E-state index contributed by atoms with van der Waals surface area (Å²) in [6.45, 7) is 6.37. The topological polar surface area (TPSA) is 58.8 Å². The summed E-state index contributed by atoms with van der Waals surface area (Å²) in [5.74, 6) is 0.0811. The maximum atomic E-state index is 11.5. The van der Waals surface area contributed by atoms with Crippen LogP contribution in [0.1, 0.15) is 6.92 Å². The van der Waals surface area contributed by atoms with Crippen LogP contribution >= 0.6 is 0 Å². The predicted octanol–water partition coefficient (Wildman–Crippen LogP) is -0.876. The summed E-state index contributed by atoms with van der Waals surface area (Å²) in [6, 6.07) is 0.407. The zero-order valence-corrected chi connectivity index (χ0v) is 9.61. The molecule has 88 valence electrons. The number of methoxy groups -OCH3 is 1. The Morgan fingerprint density at radius 2 is 2.00 bits per heavy atom. The molecule has 0 aliphatic carbocycles. The number of piperazine rings is 1. The van der Waals surface area contributed by atoms with Crippen LogP contribution in [0.25, 0.3) is 0 Å². The van der Waals surface area contributed by atoms with Crippen molar-refractivity contribution < 1.29 is 9.53 Å². The zero-order valence-electron chi connectivity index (χ0n) is 9.61. The summed E-state index contributed by atoms with van der Waals surface area (Å²) in [4.78, 5) is 15.7. The van der Waals surface area contributed by atoms with E-state index >= 15 is 0 Å². The lowest BCUT2D eigenvalue weighted by atomic mass is 10.2. The van der Waals surface area contributed by atoms with Gasteiger partial charge in [0.2, 0.25) is 5.91 Å². The van der Waals surface area contributed by atoms with Crippen LogP contribution in [0.15, 0.2) is 0 Å². The fraction of sp³-hybridized carbons (Fsp3) is 0.900. The molecule has 1 heterocycles. The molecule has 0 aromatic carbocycles. The molecule has 2 N–H and O–H groups in total. The number of nitrogens with zero attached hydrogens (tertiary/aromatic N) is 2. The van der Waals surface area contributed by atoms with Gasteiger partial charge in [-0.15, -0.1) is 0 Å². The van der Waals surface area contributed by atoms with Crippen LogP contribution in [0.3, 0.4) is 0 Å². The molecule has 0 saturated carbocycles. The van der Waals surface area contributed by atoms with E-state index < -0.39 is 0 Å². The summed E-state index contributed by atoms with van der Waals surface area (Å²) in [5, 5.41) is 0. The predicted molar refractivity (Wildman–Crippen MR) is 58.5 cm³/mol. The van der Waals surface area contributed by atoms with Crippen LogP contribution in [-0.4, -0.2) is 68.2 Å². The van der Waals surface area contributed by atoms with Gasteiger partial charge in [-0.3, -0.25) is 9.69 Å². The van der Waals surface area contributed by atoms with Crippen molar-refractivity contribution in [1.82, 2.24) is 9.80 Å². The molecule has 1 saturated heterocycles. The normalized spacial score (nSPS) is 20.3. The fourth-order valence-electron chi connectivity index (χ4n) is 1.78. The van der Waals surface area contributed by atoms with Gasteiger partial charge in [-0.05, 0) is 6.92 Å². The highest BCUT2D eigenvalue weighted by Gasteiger charge is 2.22. The van der Waals surface area contributed by atoms with Crippen LogP contribution in [0, 0.1) is 0 Å². The lowest BCUT2D eigenvalue weighted by Gasteiger charge is -2.37. The second-order valence-electron chi connectivity index (χ2n) is 3.93. The van der Waals surface area contributed by atoms with Crippen molar-refractivity contribution in [2.75, 3.05) is 46.4 Å². The Bertz CT molecular complexity index is 203. The number of rotatable bonds is 4. The molecule has 1 aliphatic rings. The Kier molecular flexibility index (Phi) is 5.01. The Morgan fingerprint density at radius 1 is 1.40 bits per heavy atom. The van der Waals surface area contributed by atoms with Crippen molar-refractivity contribution in [3.8, 4) is 0 Å². The molecule has 5 nitrogen and oxygen atoms in total. The largest absolute Gasteiger partial charge is 0.375 e. The van der Waals surface area contributed by atoms with Crippen LogP contribution < -0.4 is 5.73 Å². The Morgan fingerprint density at radius 3 is 2.47 bits per heavy atom. The van der Waals surface area contributed by atoms with E-state index in [4.69, 9.17) is 10.5 Å². The first-order valence-corrected chi connectivity index (χ1v) is 5.40. The molecule has 1 fully saturated rings. The molecule has 1 rings (SSSR count). The van der Waals surface area contributed by atoms with E-state index in [9.17, 15) is 4.79 Å². The van der Waals surface area contributed by atoms with E-state index in [1.54, 1.807) is 7.11 Å². The van der Waals surface area contributed by atoms with Crippen molar-refractivity contribution in [3.05, 3.63) is 0 Å². The van der Waals surface area contributed by atoms with Gasteiger partial charge in [0.15, 0.2) is 0 Å². The van der Waals surface area contributed by atoms with Gasteiger partial charge in [0.25, 0.3) is 0 Å². The van der Waals surface area contributed by atoms with Gasteiger partial charge in [0.1, 0.15) is 6.61 Å². The Balaban J connectivity index is 2.32. The maximum Gasteiger partial charge on any atom is 0.248 e. The van der Waals surface area contributed by atoms with E-state index in [1.807, 2.05) is 4.90 Å². The minimum Gasteiger partial charge on any atom is -0.375 e. The number of amides is 1. The molecule has 1 aliphatic heterocycles. The van der Waals surface area contributed by atoms with Crippen LogP contribution in [0.2, 0.25) is 0 Å². The summed E-state index contributed by atoms with van der Waals surface area (Å²) < 4.78 is 4.83. The molecular formula is C10H21N3O2. The summed E-state index contributed by atoms with van der Waals surface area (Å²) in [7, 11) is 1.55. The molecule has 0 aromatic heterocycles. The number of ether oxygens (including phenoxy) is 1. The van der Waals surface area contributed by atoms with E-state index in [2.05, 4.69) is 11.8 Å². The van der Waals surface area contributed by atoms with Gasteiger partial charge in [-0.1, -0.05) is 0 Å². The molecule has 0 aromatic rings. The molecule has 0 radical (unpaired) electrons. The maximum absolute atomic E-state index is 11.5. The lowest BCUT2D eigenvalue weighted by molar-refractivity contribution is -0.137. The van der Waals surface area contributed by atoms with Gasteiger partial charge in [0.05, 0.1) is 0 Å². The molecule has 0 spiro atoms. The van der Waals surface area contributed by atoms with Gasteiger partial charge < -0.3 is 15.4 Å². The van der Waals surface area contributed by atoms with Gasteiger partial charge in [0, 0.05) is 45.9 Å². The third-order valence-corrected chi connectivity index (χ3v) is 2.90. The number of nitrogens with two attached hydrogens (primary N) is 1. The average molecular weight is 215 g/mol. The molecule has 0 bridgehead atoms. The average Bonchev–Trinajstić information content (AvgIpc) is 2.28. The van der Waals surface area contributed by atoms with Crippen LogP contribution in [0.5, 0.6) is 0 Å². The quantitative estimate of drug-likeness (QED) is 0.662. The number of hydrogen-bond donors (Lipinski definition) is 1. The molecule has 1 atom stereocenters. The van der Waals surface area contributed by atoms with Crippen molar-refractivity contribution in [2.45, 2.75) is 13.0 Å². The fourth-order valence-corrected chi connectivity index (χ4v) is 1.78. The van der Waals surface area contributed by atoms with E-state index in [1.165, 1.54) is 0 Å². The Hall–Kier alpha value is -0.650. The standard InChI is InChI=1S/C10H21N3O2/c1-9(7-11)12-3-5-13(6-4-12)10(14)8-15-2/h9H,3-8,11H2,1-2H3. The SMILES string of the molecule is COCC(=O)N1CCN(C(C)CN)CC1. The highest BCUT2D eigenvalue weighted by atomic mass is 16.5. The van der Waals surface area contributed by atoms with E-state index in [-0.39, 0.29) is 12.5 Å². The molecule has 1 unspecified atom stereocenters. The van der Waals surface area contributed by atoms with Crippen LogP contribution in [0.4, 0.5) is 0 Å². The van der Waals surface area contributed by atoms with Crippen molar-refractivity contribution in [2.24, 2.45) is 5.73 Å². The van der Waals surface area contributed by atoms with Crippen LogP contribution in [-0.2, 0) is 9.53 Å². The lowest BCUT2D eigenvalue weighted by Crippen LogP contribution is -2.53. The Labute approximate surface area is 91.2 Å². The van der Waals surface area contributed by atoms with Gasteiger partial charge in [-0.2, -0.15) is 0 Å². The second kappa shape index (κ2) is 6.05. The summed E-state index contributed by atoms with van der Waals surface area (Å²) >= 11 is 0. The number of carbonyl (C=O) groups excluding carboxylic acids is 1. The summed E-state index contributed by atoms with van der Waals surface area (Å²) in [6.07, 6.45) is 0. The first-order chi connectivity index (χ1) is 7.19. The first-order valence-electron chi connectivity index (χ1n) is 5.40. The minimum absolute atomic E-state index is 0.0811. The third-order valence-electron chi connectivity index (χ3n) is 2.90. The number of carbonyl (C=O) groups is 1. The number of hydrogen-bond acceptors (Lipinski definition) is 4. The van der Waals surface area contributed by atoms with E-state index in [0.717, 1.165) is 26.2 Å². The van der Waals surface area contributed by atoms with E-state index in [0.29, 0.717) is 12.6 Å². The minimum atomic E-state index is 0.0811. The molecule has 1 amide bonds. The van der Waals surface area contributed by atoms with Crippen molar-refractivity contribution in [1.29, 1.82) is 0 Å². The monoisotopic (exact) mass is 215 g/mol. The van der Waals surface area contributed by atoms with Crippen molar-refractivity contribution in [3.63, 3.8) is 0 Å². The van der Waals surface area contributed by atoms with Gasteiger partial charge in [-0.25, -0.2) is 0 Å². The third kappa shape index (κ3) is 3.44. The van der Waals surface area contributed by atoms with Gasteiger partial charge >= 0.3 is 0 Å². The summed E-state index contributed by atoms with van der Waals surface area (Å²) in [5.41, 5.74) is 5.60. The second-order valence-corrected chi connectivity index (χ2v) is 3.93. The molecule has 5 heteroatoms.